The van der Waals surface area contributed by atoms with E-state index in [-0.39, 0.29) is 4.90 Å². The van der Waals surface area contributed by atoms with Crippen LogP contribution < -0.4 is 19.9 Å². The van der Waals surface area contributed by atoms with Gasteiger partial charge in [0, 0.05) is 12.2 Å². The average Bonchev–Trinajstić information content (AvgIpc) is 2.73. The molecule has 3 aromatic rings. The van der Waals surface area contributed by atoms with Crippen molar-refractivity contribution >= 4 is 27.3 Å². The largest absolute Gasteiger partial charge is 0.490 e. The van der Waals surface area contributed by atoms with E-state index in [1.165, 1.54) is 17.7 Å². The third kappa shape index (κ3) is 6.37. The van der Waals surface area contributed by atoms with Crippen molar-refractivity contribution in [3.8, 4) is 11.5 Å². The molecular weight excluding hydrogens is 436 g/mol. The lowest BCUT2D eigenvalue weighted by atomic mass is 10.1. The molecule has 0 saturated carbocycles. The Hall–Kier alpha value is -2.74. The Bertz CT molecular complexity index is 1130. The monoisotopic (exact) mass is 460 g/mol. The second-order valence-electron chi connectivity index (χ2n) is 7.04. The van der Waals surface area contributed by atoms with E-state index >= 15 is 0 Å². The number of nitrogens with one attached hydrogen (secondary N) is 1. The third-order valence-electron chi connectivity index (χ3n) is 4.55. The number of ether oxygens (including phenoxy) is 2. The van der Waals surface area contributed by atoms with Crippen LogP contribution in [0.3, 0.4) is 0 Å². The number of benzene rings is 3. The molecule has 0 radical (unpaired) electrons. The van der Waals surface area contributed by atoms with Crippen molar-refractivity contribution in [3.05, 3.63) is 82.4 Å². The van der Waals surface area contributed by atoms with Gasteiger partial charge >= 0.3 is 0 Å². The molecule has 0 aliphatic carbocycles. The number of halogens is 1. The standard InChI is InChI=1S/C23H25ClN2O4S/c1-3-29-22-13-18(14-26-19-8-10-20(11-9-19)31(25,27)28)12-21(24)23(22)30-15-17-6-4-16(2)5-7-17/h4-13,26H,3,14-15H2,1-2H3,(H2,25,27,28). The number of anilines is 1. The Labute approximate surface area is 188 Å². The van der Waals surface area contributed by atoms with Crippen LogP contribution in [-0.4, -0.2) is 15.0 Å². The molecule has 3 N–H and O–H groups in total. The average molecular weight is 461 g/mol. The van der Waals surface area contributed by atoms with Gasteiger partial charge in [-0.15, -0.1) is 0 Å². The molecule has 164 valence electrons. The van der Waals surface area contributed by atoms with E-state index in [9.17, 15) is 8.42 Å². The smallest absolute Gasteiger partial charge is 0.238 e. The van der Waals surface area contributed by atoms with E-state index < -0.39 is 10.0 Å². The summed E-state index contributed by atoms with van der Waals surface area (Å²) < 4.78 is 34.5. The summed E-state index contributed by atoms with van der Waals surface area (Å²) in [6.07, 6.45) is 0. The molecule has 0 heterocycles. The van der Waals surface area contributed by atoms with E-state index in [1.807, 2.05) is 50.2 Å². The minimum atomic E-state index is -3.71. The lowest BCUT2D eigenvalue weighted by Gasteiger charge is -2.16. The van der Waals surface area contributed by atoms with Gasteiger partial charge in [0.1, 0.15) is 6.61 Å². The molecule has 3 rings (SSSR count). The van der Waals surface area contributed by atoms with E-state index in [0.717, 1.165) is 16.8 Å². The van der Waals surface area contributed by atoms with Gasteiger partial charge in [0.15, 0.2) is 11.5 Å². The maximum absolute atomic E-state index is 11.4. The van der Waals surface area contributed by atoms with Gasteiger partial charge in [-0.1, -0.05) is 41.4 Å². The van der Waals surface area contributed by atoms with Crippen LogP contribution in [0, 0.1) is 6.92 Å². The lowest BCUT2D eigenvalue weighted by Crippen LogP contribution is -2.12. The molecule has 8 heteroatoms. The maximum Gasteiger partial charge on any atom is 0.238 e. The fourth-order valence-electron chi connectivity index (χ4n) is 2.93. The highest BCUT2D eigenvalue weighted by molar-refractivity contribution is 7.89. The highest BCUT2D eigenvalue weighted by Gasteiger charge is 2.13. The summed E-state index contributed by atoms with van der Waals surface area (Å²) in [7, 11) is -3.71. The van der Waals surface area contributed by atoms with Crippen molar-refractivity contribution in [1.82, 2.24) is 0 Å². The van der Waals surface area contributed by atoms with Crippen LogP contribution in [0.15, 0.2) is 65.6 Å². The molecule has 0 aromatic heterocycles. The number of hydrogen-bond acceptors (Lipinski definition) is 5. The minimum absolute atomic E-state index is 0.0646. The third-order valence-corrected chi connectivity index (χ3v) is 5.76. The molecule has 0 amide bonds. The molecule has 6 nitrogen and oxygen atoms in total. The van der Waals surface area contributed by atoms with Crippen LogP contribution >= 0.6 is 11.6 Å². The first-order valence-electron chi connectivity index (χ1n) is 9.76. The van der Waals surface area contributed by atoms with E-state index in [2.05, 4.69) is 5.32 Å². The fraction of sp³-hybridized carbons (Fsp3) is 0.217. The SMILES string of the molecule is CCOc1cc(CNc2ccc(S(N)(=O)=O)cc2)cc(Cl)c1OCc1ccc(C)cc1. The molecule has 0 bridgehead atoms. The van der Waals surface area contributed by atoms with Gasteiger partial charge in [0.25, 0.3) is 0 Å². The summed E-state index contributed by atoms with van der Waals surface area (Å²) in [6, 6.07) is 18.0. The molecular formula is C23H25ClN2O4S. The van der Waals surface area contributed by atoms with E-state index in [1.54, 1.807) is 12.1 Å². The van der Waals surface area contributed by atoms with Crippen LogP contribution in [0.2, 0.25) is 5.02 Å². The normalized spacial score (nSPS) is 11.2. The van der Waals surface area contributed by atoms with Crippen LogP contribution in [0.1, 0.15) is 23.6 Å². The van der Waals surface area contributed by atoms with Gasteiger partial charge in [0.2, 0.25) is 10.0 Å². The second kappa shape index (κ2) is 10.0. The fourth-order valence-corrected chi connectivity index (χ4v) is 3.74. The zero-order valence-electron chi connectivity index (χ0n) is 17.4. The Morgan fingerprint density at radius 3 is 2.26 bits per heavy atom. The Kier molecular flexibility index (Phi) is 7.43. The number of nitrogens with two attached hydrogens (primary N) is 1. The summed E-state index contributed by atoms with van der Waals surface area (Å²) in [6.45, 7) is 5.26. The summed E-state index contributed by atoms with van der Waals surface area (Å²) in [5.74, 6) is 1.08. The van der Waals surface area contributed by atoms with Crippen LogP contribution in [-0.2, 0) is 23.2 Å². The quantitative estimate of drug-likeness (QED) is 0.474. The number of primary sulfonamides is 1. The van der Waals surface area contributed by atoms with Crippen LogP contribution in [0.25, 0.3) is 0 Å². The summed E-state index contributed by atoms with van der Waals surface area (Å²) in [5.41, 5.74) is 3.87. The Balaban J connectivity index is 1.72. The molecule has 0 saturated heterocycles. The van der Waals surface area contributed by atoms with E-state index in [0.29, 0.717) is 36.3 Å². The molecule has 0 aliphatic heterocycles. The maximum atomic E-state index is 11.4. The molecule has 0 aliphatic rings. The summed E-state index contributed by atoms with van der Waals surface area (Å²) in [5, 5.41) is 8.81. The zero-order valence-corrected chi connectivity index (χ0v) is 19.0. The van der Waals surface area contributed by atoms with Crippen LogP contribution in [0.4, 0.5) is 5.69 Å². The molecule has 3 aromatic carbocycles. The first kappa shape index (κ1) is 22.9. The first-order valence-corrected chi connectivity index (χ1v) is 11.7. The Morgan fingerprint density at radius 1 is 0.968 bits per heavy atom. The van der Waals surface area contributed by atoms with Crippen molar-refractivity contribution < 1.29 is 17.9 Å². The van der Waals surface area contributed by atoms with Crippen molar-refractivity contribution in [1.29, 1.82) is 0 Å². The molecule has 0 unspecified atom stereocenters. The van der Waals surface area contributed by atoms with Crippen molar-refractivity contribution in [2.75, 3.05) is 11.9 Å². The first-order chi connectivity index (χ1) is 14.8. The van der Waals surface area contributed by atoms with Crippen molar-refractivity contribution in [2.45, 2.75) is 31.9 Å². The van der Waals surface area contributed by atoms with Crippen molar-refractivity contribution in [3.63, 3.8) is 0 Å². The zero-order chi connectivity index (χ0) is 22.4. The Morgan fingerprint density at radius 2 is 1.65 bits per heavy atom. The van der Waals surface area contributed by atoms with E-state index in [4.69, 9.17) is 26.2 Å². The number of hydrogen-bond donors (Lipinski definition) is 2. The minimum Gasteiger partial charge on any atom is -0.490 e. The number of aryl methyl sites for hydroxylation is 1. The predicted molar refractivity (Wildman–Crippen MR) is 123 cm³/mol. The second-order valence-corrected chi connectivity index (χ2v) is 9.00. The molecule has 31 heavy (non-hydrogen) atoms. The topological polar surface area (TPSA) is 90.6 Å². The molecule has 0 spiro atoms. The van der Waals surface area contributed by atoms with Gasteiger partial charge in [0.05, 0.1) is 16.5 Å². The summed E-state index contributed by atoms with van der Waals surface area (Å²) in [4.78, 5) is 0.0646. The van der Waals surface area contributed by atoms with Crippen molar-refractivity contribution in [2.24, 2.45) is 5.14 Å². The summed E-state index contributed by atoms with van der Waals surface area (Å²) >= 11 is 6.50. The van der Waals surface area contributed by atoms with Gasteiger partial charge < -0.3 is 14.8 Å². The number of rotatable bonds is 9. The highest BCUT2D eigenvalue weighted by Crippen LogP contribution is 2.37. The van der Waals surface area contributed by atoms with Crippen LogP contribution in [0.5, 0.6) is 11.5 Å². The predicted octanol–water partition coefficient (Wildman–Crippen LogP) is 4.89. The number of sulfonamides is 1. The molecule has 0 fully saturated rings. The van der Waals surface area contributed by atoms with Gasteiger partial charge in [-0.25, -0.2) is 13.6 Å². The molecule has 0 atom stereocenters. The van der Waals surface area contributed by atoms with Gasteiger partial charge in [-0.05, 0) is 61.4 Å². The lowest BCUT2D eigenvalue weighted by molar-refractivity contribution is 0.269. The van der Waals surface area contributed by atoms with Gasteiger partial charge in [-0.2, -0.15) is 0 Å². The highest BCUT2D eigenvalue weighted by atomic mass is 35.5. The van der Waals surface area contributed by atoms with Gasteiger partial charge in [-0.3, -0.25) is 0 Å².